The predicted octanol–water partition coefficient (Wildman–Crippen LogP) is 2.72. The van der Waals surface area contributed by atoms with Crippen LogP contribution >= 0.6 is 15.9 Å². The molecule has 104 valence electrons. The third-order valence-corrected chi connectivity index (χ3v) is 4.47. The van der Waals surface area contributed by atoms with Crippen molar-refractivity contribution in [3.05, 3.63) is 34.3 Å². The first-order valence-corrected chi connectivity index (χ1v) is 7.46. The third kappa shape index (κ3) is 3.18. The molecular weight excluding hydrogens is 304 g/mol. The molecule has 1 aliphatic rings. The highest BCUT2D eigenvalue weighted by molar-refractivity contribution is 9.10. The van der Waals surface area contributed by atoms with Crippen molar-refractivity contribution in [2.75, 3.05) is 6.54 Å². The Morgan fingerprint density at radius 3 is 2.37 bits per heavy atom. The maximum Gasteiger partial charge on any atom is 0.239 e. The SMILES string of the molecule is CC(C)(N)C(=O)NCC1(c2ccc(Br)cc2)CCC1. The molecule has 0 radical (unpaired) electrons. The summed E-state index contributed by atoms with van der Waals surface area (Å²) in [5.41, 5.74) is 6.39. The molecule has 1 aliphatic carbocycles. The number of hydrogen-bond acceptors (Lipinski definition) is 2. The number of amides is 1. The van der Waals surface area contributed by atoms with Gasteiger partial charge in [0.05, 0.1) is 5.54 Å². The second-order valence-electron chi connectivity index (χ2n) is 6.05. The number of halogens is 1. The van der Waals surface area contributed by atoms with Crippen molar-refractivity contribution in [2.24, 2.45) is 5.73 Å². The zero-order valence-corrected chi connectivity index (χ0v) is 13.1. The van der Waals surface area contributed by atoms with Gasteiger partial charge < -0.3 is 11.1 Å². The Hall–Kier alpha value is -0.870. The Morgan fingerprint density at radius 2 is 1.95 bits per heavy atom. The van der Waals surface area contributed by atoms with Crippen LogP contribution in [0.4, 0.5) is 0 Å². The van der Waals surface area contributed by atoms with Gasteiger partial charge in [-0.3, -0.25) is 4.79 Å². The highest BCUT2D eigenvalue weighted by Gasteiger charge is 2.39. The molecule has 1 aromatic rings. The van der Waals surface area contributed by atoms with Crippen molar-refractivity contribution in [1.82, 2.24) is 5.32 Å². The van der Waals surface area contributed by atoms with Crippen LogP contribution in [-0.2, 0) is 10.2 Å². The number of benzene rings is 1. The molecule has 0 unspecified atom stereocenters. The molecule has 1 amide bonds. The zero-order valence-electron chi connectivity index (χ0n) is 11.5. The summed E-state index contributed by atoms with van der Waals surface area (Å²) in [6.45, 7) is 4.14. The fraction of sp³-hybridized carbons (Fsp3) is 0.533. The summed E-state index contributed by atoms with van der Waals surface area (Å²) in [4.78, 5) is 11.9. The van der Waals surface area contributed by atoms with E-state index in [4.69, 9.17) is 5.73 Å². The summed E-state index contributed by atoms with van der Waals surface area (Å²) < 4.78 is 1.08. The summed E-state index contributed by atoms with van der Waals surface area (Å²) in [6.07, 6.45) is 3.47. The van der Waals surface area contributed by atoms with Crippen molar-refractivity contribution >= 4 is 21.8 Å². The molecule has 3 nitrogen and oxygen atoms in total. The number of nitrogens with one attached hydrogen (secondary N) is 1. The van der Waals surface area contributed by atoms with E-state index in [9.17, 15) is 4.79 Å². The van der Waals surface area contributed by atoms with Crippen molar-refractivity contribution in [3.8, 4) is 0 Å². The minimum absolute atomic E-state index is 0.0871. The lowest BCUT2D eigenvalue weighted by molar-refractivity contribution is -0.125. The molecule has 0 spiro atoms. The Balaban J connectivity index is 2.07. The van der Waals surface area contributed by atoms with Crippen LogP contribution in [-0.4, -0.2) is 18.0 Å². The summed E-state index contributed by atoms with van der Waals surface area (Å²) in [7, 11) is 0. The van der Waals surface area contributed by atoms with Crippen molar-refractivity contribution < 1.29 is 4.79 Å². The van der Waals surface area contributed by atoms with Gasteiger partial charge in [-0.1, -0.05) is 34.5 Å². The quantitative estimate of drug-likeness (QED) is 0.894. The molecule has 1 saturated carbocycles. The maximum atomic E-state index is 11.9. The van der Waals surface area contributed by atoms with E-state index in [1.807, 2.05) is 0 Å². The Bertz CT molecular complexity index is 458. The first-order valence-electron chi connectivity index (χ1n) is 6.67. The van der Waals surface area contributed by atoms with Crippen LogP contribution in [0.3, 0.4) is 0 Å². The molecule has 1 aromatic carbocycles. The Labute approximate surface area is 123 Å². The fourth-order valence-electron chi connectivity index (χ4n) is 2.45. The van der Waals surface area contributed by atoms with E-state index in [0.29, 0.717) is 6.54 Å². The summed E-state index contributed by atoms with van der Waals surface area (Å²) in [6, 6.07) is 8.40. The van der Waals surface area contributed by atoms with E-state index in [0.717, 1.165) is 17.3 Å². The van der Waals surface area contributed by atoms with Crippen LogP contribution in [0, 0.1) is 0 Å². The average molecular weight is 325 g/mol. The van der Waals surface area contributed by atoms with Crippen LogP contribution < -0.4 is 11.1 Å². The predicted molar refractivity (Wildman–Crippen MR) is 80.9 cm³/mol. The minimum Gasteiger partial charge on any atom is -0.354 e. The summed E-state index contributed by atoms with van der Waals surface area (Å²) in [5.74, 6) is -0.0871. The summed E-state index contributed by atoms with van der Waals surface area (Å²) >= 11 is 3.45. The number of nitrogens with two attached hydrogens (primary N) is 1. The fourth-order valence-corrected chi connectivity index (χ4v) is 2.72. The van der Waals surface area contributed by atoms with Gasteiger partial charge in [-0.15, -0.1) is 0 Å². The van der Waals surface area contributed by atoms with Gasteiger partial charge in [0.2, 0.25) is 5.91 Å². The molecule has 0 atom stereocenters. The van der Waals surface area contributed by atoms with Gasteiger partial charge in [0.25, 0.3) is 0 Å². The van der Waals surface area contributed by atoms with E-state index in [1.165, 1.54) is 12.0 Å². The Morgan fingerprint density at radius 1 is 1.37 bits per heavy atom. The number of hydrogen-bond donors (Lipinski definition) is 2. The van der Waals surface area contributed by atoms with Gasteiger partial charge in [0, 0.05) is 16.4 Å². The molecule has 0 heterocycles. The minimum atomic E-state index is -0.815. The topological polar surface area (TPSA) is 55.1 Å². The third-order valence-electron chi connectivity index (χ3n) is 3.94. The first-order chi connectivity index (χ1) is 8.83. The highest BCUT2D eigenvalue weighted by atomic mass is 79.9. The molecular formula is C15H21BrN2O. The maximum absolute atomic E-state index is 11.9. The van der Waals surface area contributed by atoms with E-state index >= 15 is 0 Å². The van der Waals surface area contributed by atoms with Crippen LogP contribution in [0.5, 0.6) is 0 Å². The molecule has 1 fully saturated rings. The van der Waals surface area contributed by atoms with Gasteiger partial charge in [-0.05, 0) is 44.4 Å². The highest BCUT2D eigenvalue weighted by Crippen LogP contribution is 2.43. The molecule has 0 aliphatic heterocycles. The zero-order chi connectivity index (χ0) is 14.1. The van der Waals surface area contributed by atoms with E-state index < -0.39 is 5.54 Å². The normalized spacial score (nSPS) is 17.7. The van der Waals surface area contributed by atoms with Gasteiger partial charge in [-0.2, -0.15) is 0 Å². The van der Waals surface area contributed by atoms with E-state index in [-0.39, 0.29) is 11.3 Å². The molecule has 0 saturated heterocycles. The lowest BCUT2D eigenvalue weighted by Gasteiger charge is -2.43. The lowest BCUT2D eigenvalue weighted by atomic mass is 9.64. The number of rotatable bonds is 4. The smallest absolute Gasteiger partial charge is 0.239 e. The number of carbonyl (C=O) groups excluding carboxylic acids is 1. The molecule has 4 heteroatoms. The first kappa shape index (κ1) is 14.5. The second kappa shape index (κ2) is 5.25. The van der Waals surface area contributed by atoms with E-state index in [2.05, 4.69) is 45.5 Å². The van der Waals surface area contributed by atoms with Gasteiger partial charge in [0.1, 0.15) is 0 Å². The van der Waals surface area contributed by atoms with Crippen LogP contribution in [0.2, 0.25) is 0 Å². The van der Waals surface area contributed by atoms with Crippen LogP contribution in [0.1, 0.15) is 38.7 Å². The van der Waals surface area contributed by atoms with Gasteiger partial charge >= 0.3 is 0 Å². The van der Waals surface area contributed by atoms with Gasteiger partial charge in [0.15, 0.2) is 0 Å². The molecule has 0 bridgehead atoms. The molecule has 2 rings (SSSR count). The lowest BCUT2D eigenvalue weighted by Crippen LogP contribution is -2.53. The van der Waals surface area contributed by atoms with Crippen LogP contribution in [0.25, 0.3) is 0 Å². The molecule has 0 aromatic heterocycles. The van der Waals surface area contributed by atoms with Crippen molar-refractivity contribution in [1.29, 1.82) is 0 Å². The number of carbonyl (C=O) groups is 1. The Kier molecular flexibility index (Phi) is 4.02. The standard InChI is InChI=1S/C15H21BrN2O/c1-14(2,17)13(19)18-10-15(8-3-9-15)11-4-6-12(16)7-5-11/h4-7H,3,8-10,17H2,1-2H3,(H,18,19). The molecule has 3 N–H and O–H groups in total. The second-order valence-corrected chi connectivity index (χ2v) is 6.96. The van der Waals surface area contributed by atoms with Crippen molar-refractivity contribution in [3.63, 3.8) is 0 Å². The average Bonchev–Trinajstić information content (AvgIpc) is 2.28. The monoisotopic (exact) mass is 324 g/mol. The van der Waals surface area contributed by atoms with E-state index in [1.54, 1.807) is 13.8 Å². The molecule has 19 heavy (non-hydrogen) atoms. The van der Waals surface area contributed by atoms with Crippen LogP contribution in [0.15, 0.2) is 28.7 Å². The largest absolute Gasteiger partial charge is 0.354 e. The summed E-state index contributed by atoms with van der Waals surface area (Å²) in [5, 5.41) is 3.00. The van der Waals surface area contributed by atoms with Crippen molar-refractivity contribution in [2.45, 2.75) is 44.1 Å². The van der Waals surface area contributed by atoms with Gasteiger partial charge in [-0.25, -0.2) is 0 Å².